The van der Waals surface area contributed by atoms with E-state index in [-0.39, 0.29) is 11.6 Å². The third-order valence-electron chi connectivity index (χ3n) is 3.10. The Bertz CT molecular complexity index is 658. The molecule has 0 atom stereocenters. The number of nitrogens with one attached hydrogen (secondary N) is 1. The van der Waals surface area contributed by atoms with Crippen molar-refractivity contribution in [1.82, 2.24) is 0 Å². The minimum Gasteiger partial charge on any atom is -0.381 e. The van der Waals surface area contributed by atoms with E-state index in [0.29, 0.717) is 11.1 Å². The molecule has 3 N–H and O–H groups in total. The van der Waals surface area contributed by atoms with Crippen molar-refractivity contribution >= 4 is 23.2 Å². The number of benzene rings is 2. The summed E-state index contributed by atoms with van der Waals surface area (Å²) in [6, 6.07) is 10.0. The van der Waals surface area contributed by atoms with Gasteiger partial charge in [-0.25, -0.2) is 4.39 Å². The van der Waals surface area contributed by atoms with Gasteiger partial charge in [-0.15, -0.1) is 0 Å². The van der Waals surface area contributed by atoms with Gasteiger partial charge in [0.25, 0.3) is 0 Å². The molecule has 0 saturated heterocycles. The average Bonchev–Trinajstić information content (AvgIpc) is 2.41. The second-order valence-electron chi connectivity index (χ2n) is 4.41. The molecule has 0 aliphatic rings. The van der Waals surface area contributed by atoms with Crippen LogP contribution >= 0.6 is 11.6 Å². The van der Waals surface area contributed by atoms with Crippen molar-refractivity contribution in [2.45, 2.75) is 13.5 Å². The Morgan fingerprint density at radius 1 is 1.30 bits per heavy atom. The zero-order valence-corrected chi connectivity index (χ0v) is 11.7. The predicted octanol–water partition coefficient (Wildman–Crippen LogP) is 3.50. The summed E-state index contributed by atoms with van der Waals surface area (Å²) in [4.78, 5) is 11.3. The Labute approximate surface area is 121 Å². The number of amides is 1. The number of hydrogen-bond donors (Lipinski definition) is 2. The van der Waals surface area contributed by atoms with Gasteiger partial charge in [-0.05, 0) is 30.7 Å². The van der Waals surface area contributed by atoms with Crippen molar-refractivity contribution in [2.24, 2.45) is 5.73 Å². The second kappa shape index (κ2) is 5.92. The van der Waals surface area contributed by atoms with Crippen LogP contribution in [0, 0.1) is 12.7 Å². The van der Waals surface area contributed by atoms with Gasteiger partial charge in [0.15, 0.2) is 0 Å². The van der Waals surface area contributed by atoms with E-state index in [4.69, 9.17) is 17.3 Å². The van der Waals surface area contributed by atoms with Gasteiger partial charge in [-0.1, -0.05) is 29.8 Å². The maximum Gasteiger partial charge on any atom is 0.249 e. The van der Waals surface area contributed by atoms with Crippen molar-refractivity contribution in [3.63, 3.8) is 0 Å². The van der Waals surface area contributed by atoms with E-state index in [0.717, 1.165) is 11.3 Å². The molecule has 3 nitrogen and oxygen atoms in total. The molecule has 0 radical (unpaired) electrons. The summed E-state index contributed by atoms with van der Waals surface area (Å²) >= 11 is 5.73. The lowest BCUT2D eigenvalue weighted by atomic mass is 10.1. The van der Waals surface area contributed by atoms with Crippen molar-refractivity contribution in [2.75, 3.05) is 5.32 Å². The van der Waals surface area contributed by atoms with Gasteiger partial charge in [0.2, 0.25) is 5.91 Å². The molecule has 2 aromatic carbocycles. The molecule has 2 aromatic rings. The Hall–Kier alpha value is -2.07. The summed E-state index contributed by atoms with van der Waals surface area (Å²) in [6.07, 6.45) is 0. The third kappa shape index (κ3) is 2.91. The van der Waals surface area contributed by atoms with Crippen LogP contribution < -0.4 is 11.1 Å². The Morgan fingerprint density at radius 2 is 2.00 bits per heavy atom. The van der Waals surface area contributed by atoms with Gasteiger partial charge in [-0.3, -0.25) is 4.79 Å². The number of nitrogens with two attached hydrogens (primary N) is 1. The smallest absolute Gasteiger partial charge is 0.249 e. The number of rotatable bonds is 4. The van der Waals surface area contributed by atoms with E-state index in [1.54, 1.807) is 31.2 Å². The summed E-state index contributed by atoms with van der Waals surface area (Å²) in [5.41, 5.74) is 7.67. The summed E-state index contributed by atoms with van der Waals surface area (Å²) in [5.74, 6) is -0.925. The third-order valence-corrected chi connectivity index (χ3v) is 3.39. The number of carbonyl (C=O) groups is 1. The fraction of sp³-hybridized carbons (Fsp3) is 0.133. The van der Waals surface area contributed by atoms with Crippen molar-refractivity contribution in [3.8, 4) is 0 Å². The van der Waals surface area contributed by atoms with Crippen molar-refractivity contribution in [1.29, 1.82) is 0 Å². The average molecular weight is 293 g/mol. The molecule has 1 amide bonds. The predicted molar refractivity (Wildman–Crippen MR) is 78.4 cm³/mol. The SMILES string of the molecule is Cc1c(NCc2cccc(Cl)c2F)cccc1C(N)=O. The first-order valence-electron chi connectivity index (χ1n) is 6.07. The van der Waals surface area contributed by atoms with Gasteiger partial charge >= 0.3 is 0 Å². The maximum atomic E-state index is 13.8. The quantitative estimate of drug-likeness (QED) is 0.906. The van der Waals surface area contributed by atoms with Crippen LogP contribution in [-0.4, -0.2) is 5.91 Å². The van der Waals surface area contributed by atoms with Crippen molar-refractivity contribution in [3.05, 3.63) is 63.9 Å². The van der Waals surface area contributed by atoms with Gasteiger partial charge < -0.3 is 11.1 Å². The first-order valence-corrected chi connectivity index (χ1v) is 6.44. The first-order chi connectivity index (χ1) is 9.50. The Kier molecular flexibility index (Phi) is 4.25. The highest BCUT2D eigenvalue weighted by Crippen LogP contribution is 2.22. The lowest BCUT2D eigenvalue weighted by Crippen LogP contribution is -2.14. The van der Waals surface area contributed by atoms with E-state index in [1.807, 2.05) is 6.07 Å². The molecule has 0 spiro atoms. The molecule has 0 aliphatic heterocycles. The molecule has 0 heterocycles. The number of carbonyl (C=O) groups excluding carboxylic acids is 1. The highest BCUT2D eigenvalue weighted by molar-refractivity contribution is 6.30. The lowest BCUT2D eigenvalue weighted by Gasteiger charge is -2.12. The summed E-state index contributed by atoms with van der Waals surface area (Å²) in [5, 5.41) is 3.18. The van der Waals surface area contributed by atoms with Crippen LogP contribution in [0.25, 0.3) is 0 Å². The van der Waals surface area contributed by atoms with E-state index in [9.17, 15) is 9.18 Å². The Balaban J connectivity index is 2.21. The van der Waals surface area contributed by atoms with Crippen LogP contribution in [0.15, 0.2) is 36.4 Å². The molecule has 0 fully saturated rings. The lowest BCUT2D eigenvalue weighted by molar-refractivity contribution is 0.1000. The van der Waals surface area contributed by atoms with Gasteiger partial charge in [0.1, 0.15) is 5.82 Å². The van der Waals surface area contributed by atoms with Crippen molar-refractivity contribution < 1.29 is 9.18 Å². The van der Waals surface area contributed by atoms with Crippen LogP contribution in [0.4, 0.5) is 10.1 Å². The van der Waals surface area contributed by atoms with Crippen LogP contribution in [0.5, 0.6) is 0 Å². The minimum absolute atomic E-state index is 0.0897. The van der Waals surface area contributed by atoms with Crippen LogP contribution in [0.1, 0.15) is 21.5 Å². The number of anilines is 1. The largest absolute Gasteiger partial charge is 0.381 e. The molecule has 0 saturated carbocycles. The van der Waals surface area contributed by atoms with Gasteiger partial charge in [0.05, 0.1) is 5.02 Å². The molecule has 20 heavy (non-hydrogen) atoms. The van der Waals surface area contributed by atoms with Crippen LogP contribution in [-0.2, 0) is 6.54 Å². The zero-order chi connectivity index (χ0) is 14.7. The van der Waals surface area contributed by atoms with E-state index in [2.05, 4.69) is 5.32 Å². The highest BCUT2D eigenvalue weighted by Gasteiger charge is 2.10. The molecule has 5 heteroatoms. The fourth-order valence-electron chi connectivity index (χ4n) is 1.97. The molecule has 0 bridgehead atoms. The molecule has 0 unspecified atom stereocenters. The maximum absolute atomic E-state index is 13.8. The van der Waals surface area contributed by atoms with Gasteiger partial charge in [-0.2, -0.15) is 0 Å². The molecule has 104 valence electrons. The topological polar surface area (TPSA) is 55.1 Å². The van der Waals surface area contributed by atoms with E-state index in [1.165, 1.54) is 6.07 Å². The van der Waals surface area contributed by atoms with E-state index < -0.39 is 11.7 Å². The molecule has 0 aromatic heterocycles. The second-order valence-corrected chi connectivity index (χ2v) is 4.82. The van der Waals surface area contributed by atoms with Crippen LogP contribution in [0.2, 0.25) is 5.02 Å². The van der Waals surface area contributed by atoms with Crippen LogP contribution in [0.3, 0.4) is 0 Å². The fourth-order valence-corrected chi connectivity index (χ4v) is 2.16. The standard InChI is InChI=1S/C15H14ClFN2O/c1-9-11(15(18)20)5-3-7-13(9)19-8-10-4-2-6-12(16)14(10)17/h2-7,19H,8H2,1H3,(H2,18,20). The molecular formula is C15H14ClFN2O. The highest BCUT2D eigenvalue weighted by atomic mass is 35.5. The number of primary amides is 1. The first kappa shape index (κ1) is 14.3. The monoisotopic (exact) mass is 292 g/mol. The Morgan fingerprint density at radius 3 is 2.70 bits per heavy atom. The molecule has 0 aliphatic carbocycles. The van der Waals surface area contributed by atoms with E-state index >= 15 is 0 Å². The van der Waals surface area contributed by atoms with Gasteiger partial charge in [0, 0.05) is 23.4 Å². The minimum atomic E-state index is -0.486. The summed E-state index contributed by atoms with van der Waals surface area (Å²) in [6.45, 7) is 2.06. The summed E-state index contributed by atoms with van der Waals surface area (Å²) < 4.78 is 13.8. The zero-order valence-electron chi connectivity index (χ0n) is 10.9. The molecular weight excluding hydrogens is 279 g/mol. The molecule has 2 rings (SSSR count). The number of hydrogen-bond acceptors (Lipinski definition) is 2. The summed E-state index contributed by atoms with van der Waals surface area (Å²) in [7, 11) is 0. The normalized spacial score (nSPS) is 10.3. The number of halogens is 2.